The highest BCUT2D eigenvalue weighted by atomic mass is 79.9. The molecule has 1 aliphatic heterocycles. The van der Waals surface area contributed by atoms with Crippen molar-refractivity contribution in [2.75, 3.05) is 5.33 Å². The van der Waals surface area contributed by atoms with Crippen LogP contribution >= 0.6 is 15.9 Å². The van der Waals surface area contributed by atoms with Gasteiger partial charge in [-0.05, 0) is 18.2 Å². The van der Waals surface area contributed by atoms with Crippen molar-refractivity contribution in [1.82, 2.24) is 0 Å². The molecule has 64 valence electrons. The predicted molar refractivity (Wildman–Crippen MR) is 48.3 cm³/mol. The molecule has 0 spiro atoms. The van der Waals surface area contributed by atoms with E-state index in [1.807, 2.05) is 0 Å². The third-order valence-electron chi connectivity index (χ3n) is 1.94. The van der Waals surface area contributed by atoms with Crippen LogP contribution in [0.2, 0.25) is 0 Å². The summed E-state index contributed by atoms with van der Waals surface area (Å²) in [6.45, 7) is 0. The van der Waals surface area contributed by atoms with Crippen molar-refractivity contribution in [3.05, 3.63) is 29.6 Å². The lowest BCUT2D eigenvalue weighted by Crippen LogP contribution is -2.13. The maximum absolute atomic E-state index is 12.7. The van der Waals surface area contributed by atoms with E-state index >= 15 is 0 Å². The molecule has 0 fully saturated rings. The Balaban J connectivity index is 2.30. The van der Waals surface area contributed by atoms with Crippen molar-refractivity contribution in [3.8, 4) is 5.75 Å². The lowest BCUT2D eigenvalue weighted by atomic mass is 10.1. The number of rotatable bonds is 1. The van der Waals surface area contributed by atoms with E-state index in [2.05, 4.69) is 15.9 Å². The third kappa shape index (κ3) is 1.33. The highest BCUT2D eigenvalue weighted by molar-refractivity contribution is 9.09. The molecule has 0 saturated heterocycles. The maximum atomic E-state index is 12.7. The molecular weight excluding hydrogens is 223 g/mol. The van der Waals surface area contributed by atoms with Gasteiger partial charge in [-0.15, -0.1) is 0 Å². The lowest BCUT2D eigenvalue weighted by Gasteiger charge is -2.04. The fraction of sp³-hybridized carbons (Fsp3) is 0.333. The van der Waals surface area contributed by atoms with Gasteiger partial charge in [-0.25, -0.2) is 4.39 Å². The van der Waals surface area contributed by atoms with Gasteiger partial charge < -0.3 is 4.74 Å². The SMILES string of the molecule is Fc1ccc2c(c1)CC(CBr)O2. The monoisotopic (exact) mass is 230 g/mol. The van der Waals surface area contributed by atoms with Crippen LogP contribution in [0.4, 0.5) is 4.39 Å². The fourth-order valence-electron chi connectivity index (χ4n) is 1.38. The summed E-state index contributed by atoms with van der Waals surface area (Å²) in [7, 11) is 0. The minimum absolute atomic E-state index is 0.168. The predicted octanol–water partition coefficient (Wildman–Crippen LogP) is 2.52. The summed E-state index contributed by atoms with van der Waals surface area (Å²) in [4.78, 5) is 0. The van der Waals surface area contributed by atoms with Crippen LogP contribution in [0.5, 0.6) is 5.75 Å². The van der Waals surface area contributed by atoms with Crippen LogP contribution in [0.15, 0.2) is 18.2 Å². The van der Waals surface area contributed by atoms with Crippen molar-refractivity contribution in [2.24, 2.45) is 0 Å². The van der Waals surface area contributed by atoms with Crippen molar-refractivity contribution >= 4 is 15.9 Å². The first-order valence-corrected chi connectivity index (χ1v) is 4.93. The fourth-order valence-corrected chi connectivity index (χ4v) is 1.74. The Morgan fingerprint density at radius 3 is 3.17 bits per heavy atom. The smallest absolute Gasteiger partial charge is 0.123 e. The summed E-state index contributed by atoms with van der Waals surface area (Å²) in [6.07, 6.45) is 0.972. The van der Waals surface area contributed by atoms with Crippen LogP contribution in [0.3, 0.4) is 0 Å². The van der Waals surface area contributed by atoms with E-state index in [1.165, 1.54) is 12.1 Å². The molecule has 1 nitrogen and oxygen atoms in total. The van der Waals surface area contributed by atoms with Crippen molar-refractivity contribution in [3.63, 3.8) is 0 Å². The van der Waals surface area contributed by atoms with Gasteiger partial charge >= 0.3 is 0 Å². The zero-order valence-electron chi connectivity index (χ0n) is 6.39. The molecule has 2 rings (SSSR count). The van der Waals surface area contributed by atoms with Gasteiger partial charge in [0.15, 0.2) is 0 Å². The number of benzene rings is 1. The molecular formula is C9H8BrFO. The number of ether oxygens (including phenoxy) is 1. The summed E-state index contributed by atoms with van der Waals surface area (Å²) >= 11 is 3.33. The Hall–Kier alpha value is -0.570. The average molecular weight is 231 g/mol. The van der Waals surface area contributed by atoms with Gasteiger partial charge in [0.25, 0.3) is 0 Å². The van der Waals surface area contributed by atoms with Gasteiger partial charge in [-0.3, -0.25) is 0 Å². The Kier molecular flexibility index (Phi) is 2.05. The summed E-state index contributed by atoms with van der Waals surface area (Å²) in [5.74, 6) is 0.633. The Bertz CT molecular complexity index is 301. The molecule has 1 atom stereocenters. The molecule has 1 heterocycles. The molecule has 0 radical (unpaired) electrons. The van der Waals surface area contributed by atoms with E-state index in [1.54, 1.807) is 6.07 Å². The van der Waals surface area contributed by atoms with Crippen LogP contribution < -0.4 is 4.74 Å². The van der Waals surface area contributed by atoms with Crippen LogP contribution in [-0.2, 0) is 6.42 Å². The largest absolute Gasteiger partial charge is 0.489 e. The Morgan fingerprint density at radius 1 is 1.58 bits per heavy atom. The Labute approximate surface area is 78.7 Å². The van der Waals surface area contributed by atoms with Crippen LogP contribution in [0.1, 0.15) is 5.56 Å². The van der Waals surface area contributed by atoms with Crippen LogP contribution in [0.25, 0.3) is 0 Å². The number of alkyl halides is 1. The first-order chi connectivity index (χ1) is 5.79. The topological polar surface area (TPSA) is 9.23 Å². The second kappa shape index (κ2) is 3.05. The molecule has 1 unspecified atom stereocenters. The number of hydrogen-bond acceptors (Lipinski definition) is 1. The molecule has 0 aromatic heterocycles. The van der Waals surface area contributed by atoms with Gasteiger partial charge in [0.1, 0.15) is 17.7 Å². The molecule has 1 aromatic rings. The summed E-state index contributed by atoms with van der Waals surface area (Å²) < 4.78 is 18.2. The first kappa shape index (κ1) is 8.05. The molecule has 0 aliphatic carbocycles. The van der Waals surface area contributed by atoms with E-state index in [-0.39, 0.29) is 11.9 Å². The minimum atomic E-state index is -0.187. The molecule has 12 heavy (non-hydrogen) atoms. The second-order valence-electron chi connectivity index (χ2n) is 2.85. The third-order valence-corrected chi connectivity index (χ3v) is 2.66. The minimum Gasteiger partial charge on any atom is -0.489 e. The van der Waals surface area contributed by atoms with Crippen molar-refractivity contribution < 1.29 is 9.13 Å². The molecule has 0 bridgehead atoms. The number of fused-ring (bicyclic) bond motifs is 1. The summed E-state index contributed by atoms with van der Waals surface area (Å²) in [5, 5.41) is 0.795. The molecule has 3 heteroatoms. The van der Waals surface area contributed by atoms with E-state index in [4.69, 9.17) is 4.74 Å². The zero-order chi connectivity index (χ0) is 8.55. The van der Waals surface area contributed by atoms with Crippen molar-refractivity contribution in [1.29, 1.82) is 0 Å². The van der Waals surface area contributed by atoms with E-state index in [0.717, 1.165) is 23.1 Å². The lowest BCUT2D eigenvalue weighted by molar-refractivity contribution is 0.260. The van der Waals surface area contributed by atoms with Gasteiger partial charge in [0, 0.05) is 17.3 Å². The molecule has 0 saturated carbocycles. The normalized spacial score (nSPS) is 20.3. The van der Waals surface area contributed by atoms with Gasteiger partial charge in [0.05, 0.1) is 0 Å². The Morgan fingerprint density at radius 2 is 2.42 bits per heavy atom. The average Bonchev–Trinajstić information content (AvgIpc) is 2.46. The number of hydrogen-bond donors (Lipinski definition) is 0. The standard InChI is InChI=1S/C9H8BrFO/c10-5-8-4-6-3-7(11)1-2-9(6)12-8/h1-3,8H,4-5H2. The van der Waals surface area contributed by atoms with Gasteiger partial charge in [-0.1, -0.05) is 15.9 Å². The highest BCUT2D eigenvalue weighted by Gasteiger charge is 2.21. The summed E-state index contributed by atoms with van der Waals surface area (Å²) in [6, 6.07) is 4.65. The van der Waals surface area contributed by atoms with Crippen LogP contribution in [0, 0.1) is 5.82 Å². The van der Waals surface area contributed by atoms with E-state index < -0.39 is 0 Å². The quantitative estimate of drug-likeness (QED) is 0.675. The highest BCUT2D eigenvalue weighted by Crippen LogP contribution is 2.29. The molecule has 0 N–H and O–H groups in total. The molecule has 0 amide bonds. The van der Waals surface area contributed by atoms with E-state index in [0.29, 0.717) is 0 Å². The number of halogens is 2. The van der Waals surface area contributed by atoms with Gasteiger partial charge in [0.2, 0.25) is 0 Å². The maximum Gasteiger partial charge on any atom is 0.123 e. The van der Waals surface area contributed by atoms with Crippen molar-refractivity contribution in [2.45, 2.75) is 12.5 Å². The van der Waals surface area contributed by atoms with E-state index in [9.17, 15) is 4.39 Å². The molecule has 1 aromatic carbocycles. The second-order valence-corrected chi connectivity index (χ2v) is 3.50. The molecule has 1 aliphatic rings. The zero-order valence-corrected chi connectivity index (χ0v) is 7.97. The first-order valence-electron chi connectivity index (χ1n) is 3.80. The summed E-state index contributed by atoms with van der Waals surface area (Å²) in [5.41, 5.74) is 0.972. The van der Waals surface area contributed by atoms with Crippen LogP contribution in [-0.4, -0.2) is 11.4 Å². The van der Waals surface area contributed by atoms with Gasteiger partial charge in [-0.2, -0.15) is 0 Å².